The molecule has 1 rings (SSSR count). The van der Waals surface area contributed by atoms with E-state index in [4.69, 9.17) is 5.73 Å². The van der Waals surface area contributed by atoms with Crippen molar-refractivity contribution in [1.29, 1.82) is 0 Å². The largest absolute Gasteiger partial charge is 0.365 e. The van der Waals surface area contributed by atoms with Crippen LogP contribution in [0, 0.1) is 0 Å². The summed E-state index contributed by atoms with van der Waals surface area (Å²) in [4.78, 5) is 5.82. The maximum Gasteiger partial charge on any atom is 0.0358 e. The highest BCUT2D eigenvalue weighted by Crippen LogP contribution is 2.20. The van der Waals surface area contributed by atoms with Crippen molar-refractivity contribution in [2.24, 2.45) is 5.73 Å². The van der Waals surface area contributed by atoms with E-state index in [9.17, 15) is 0 Å². The fourth-order valence-electron chi connectivity index (χ4n) is 2.39. The van der Waals surface area contributed by atoms with Gasteiger partial charge >= 0.3 is 0 Å². The summed E-state index contributed by atoms with van der Waals surface area (Å²) in [5.74, 6) is 0. The first kappa shape index (κ1) is 14.3. The summed E-state index contributed by atoms with van der Waals surface area (Å²) in [6, 6.07) is 4.19. The van der Waals surface area contributed by atoms with Crippen LogP contribution < -0.4 is 5.73 Å². The first-order chi connectivity index (χ1) is 8.16. The lowest BCUT2D eigenvalue weighted by Crippen LogP contribution is -2.53. The van der Waals surface area contributed by atoms with Gasteiger partial charge in [-0.2, -0.15) is 0 Å². The Bertz CT molecular complexity index is 288. The van der Waals surface area contributed by atoms with Crippen molar-refractivity contribution in [3.63, 3.8) is 0 Å². The Morgan fingerprint density at radius 1 is 1.29 bits per heavy atom. The lowest BCUT2D eigenvalue weighted by Gasteiger charge is -2.40. The first-order valence-electron chi connectivity index (χ1n) is 6.73. The third kappa shape index (κ3) is 3.86. The standard InChI is InChI=1S/C14H27N3/c1-4-9-17(10-5-2)14(3,12-15)11-13-7-6-8-16-13/h6-8,16H,4-5,9-12,15H2,1-3H3. The molecule has 1 unspecified atom stereocenters. The molecule has 3 heteroatoms. The van der Waals surface area contributed by atoms with E-state index in [1.165, 1.54) is 18.5 Å². The molecule has 1 atom stereocenters. The van der Waals surface area contributed by atoms with E-state index in [0.29, 0.717) is 6.54 Å². The summed E-state index contributed by atoms with van der Waals surface area (Å²) in [6.45, 7) is 9.69. The number of nitrogens with one attached hydrogen (secondary N) is 1. The lowest BCUT2D eigenvalue weighted by molar-refractivity contribution is 0.109. The Balaban J connectivity index is 2.75. The van der Waals surface area contributed by atoms with Gasteiger partial charge in [0.25, 0.3) is 0 Å². The number of H-pyrrole nitrogens is 1. The van der Waals surface area contributed by atoms with E-state index < -0.39 is 0 Å². The SMILES string of the molecule is CCCN(CCC)C(C)(CN)Cc1ccc[nH]1. The molecule has 0 aromatic carbocycles. The van der Waals surface area contributed by atoms with E-state index in [0.717, 1.165) is 19.5 Å². The Morgan fingerprint density at radius 2 is 1.94 bits per heavy atom. The Labute approximate surface area is 105 Å². The summed E-state index contributed by atoms with van der Waals surface area (Å²) in [6.07, 6.45) is 5.34. The molecule has 3 nitrogen and oxygen atoms in total. The highest BCUT2D eigenvalue weighted by molar-refractivity contribution is 5.09. The fraction of sp³-hybridized carbons (Fsp3) is 0.714. The van der Waals surface area contributed by atoms with Crippen LogP contribution in [0.3, 0.4) is 0 Å². The molecule has 1 aromatic heterocycles. The lowest BCUT2D eigenvalue weighted by atomic mass is 9.93. The molecule has 17 heavy (non-hydrogen) atoms. The van der Waals surface area contributed by atoms with Gasteiger partial charge in [-0.05, 0) is 45.0 Å². The second-order valence-electron chi connectivity index (χ2n) is 5.06. The first-order valence-corrected chi connectivity index (χ1v) is 6.73. The third-order valence-electron chi connectivity index (χ3n) is 3.42. The molecule has 0 fully saturated rings. The zero-order valence-corrected chi connectivity index (χ0v) is 11.5. The number of rotatable bonds is 8. The van der Waals surface area contributed by atoms with Crippen LogP contribution in [0.5, 0.6) is 0 Å². The van der Waals surface area contributed by atoms with Crippen molar-refractivity contribution >= 4 is 0 Å². The van der Waals surface area contributed by atoms with Crippen molar-refractivity contribution in [2.45, 2.75) is 45.6 Å². The second kappa shape index (κ2) is 6.82. The molecule has 0 bridgehead atoms. The molecule has 3 N–H and O–H groups in total. The normalized spacial score (nSPS) is 15.1. The van der Waals surface area contributed by atoms with Crippen molar-refractivity contribution in [3.8, 4) is 0 Å². The van der Waals surface area contributed by atoms with E-state index >= 15 is 0 Å². The molecule has 98 valence electrons. The van der Waals surface area contributed by atoms with Crippen LogP contribution in [0.25, 0.3) is 0 Å². The van der Waals surface area contributed by atoms with Crippen LogP contribution in [0.1, 0.15) is 39.3 Å². The van der Waals surface area contributed by atoms with Gasteiger partial charge in [-0.1, -0.05) is 13.8 Å². The minimum atomic E-state index is 0.0663. The van der Waals surface area contributed by atoms with Crippen LogP contribution in [0.15, 0.2) is 18.3 Å². The fourth-order valence-corrected chi connectivity index (χ4v) is 2.39. The van der Waals surface area contributed by atoms with Gasteiger partial charge in [0.1, 0.15) is 0 Å². The highest BCUT2D eigenvalue weighted by atomic mass is 15.2. The van der Waals surface area contributed by atoms with Crippen LogP contribution in [-0.4, -0.2) is 35.1 Å². The molecular formula is C14H27N3. The second-order valence-corrected chi connectivity index (χ2v) is 5.06. The van der Waals surface area contributed by atoms with E-state index in [1.54, 1.807) is 0 Å². The summed E-state index contributed by atoms with van der Waals surface area (Å²) >= 11 is 0. The Kier molecular flexibility index (Phi) is 5.72. The van der Waals surface area contributed by atoms with Crippen molar-refractivity contribution in [1.82, 2.24) is 9.88 Å². The zero-order chi connectivity index (χ0) is 12.7. The smallest absolute Gasteiger partial charge is 0.0358 e. The third-order valence-corrected chi connectivity index (χ3v) is 3.42. The summed E-state index contributed by atoms with van der Waals surface area (Å²) in [5, 5.41) is 0. The van der Waals surface area contributed by atoms with Gasteiger partial charge in [-0.15, -0.1) is 0 Å². The van der Waals surface area contributed by atoms with E-state index in [-0.39, 0.29) is 5.54 Å². The number of hydrogen-bond acceptors (Lipinski definition) is 2. The number of nitrogens with two attached hydrogens (primary N) is 1. The number of hydrogen-bond donors (Lipinski definition) is 2. The minimum absolute atomic E-state index is 0.0663. The van der Waals surface area contributed by atoms with Gasteiger partial charge in [0.05, 0.1) is 0 Å². The average Bonchev–Trinajstić information content (AvgIpc) is 2.81. The van der Waals surface area contributed by atoms with Crippen molar-refractivity contribution in [2.75, 3.05) is 19.6 Å². The minimum Gasteiger partial charge on any atom is -0.365 e. The Morgan fingerprint density at radius 3 is 2.35 bits per heavy atom. The van der Waals surface area contributed by atoms with E-state index in [2.05, 4.69) is 42.8 Å². The van der Waals surface area contributed by atoms with Crippen LogP contribution in [0.2, 0.25) is 0 Å². The molecule has 0 aliphatic heterocycles. The van der Waals surface area contributed by atoms with E-state index in [1.807, 2.05) is 6.20 Å². The number of aromatic amines is 1. The van der Waals surface area contributed by atoms with Gasteiger partial charge in [0.2, 0.25) is 0 Å². The molecule has 0 saturated heterocycles. The molecule has 0 saturated carbocycles. The molecular weight excluding hydrogens is 210 g/mol. The van der Waals surface area contributed by atoms with Gasteiger partial charge < -0.3 is 10.7 Å². The molecule has 1 heterocycles. The molecule has 0 amide bonds. The van der Waals surface area contributed by atoms with Gasteiger partial charge in [-0.3, -0.25) is 4.90 Å². The number of nitrogens with zero attached hydrogens (tertiary/aromatic N) is 1. The Hall–Kier alpha value is -0.800. The summed E-state index contributed by atoms with van der Waals surface area (Å²) < 4.78 is 0. The molecule has 0 aliphatic rings. The molecule has 0 aliphatic carbocycles. The highest BCUT2D eigenvalue weighted by Gasteiger charge is 2.29. The molecule has 0 radical (unpaired) electrons. The number of aromatic nitrogens is 1. The van der Waals surface area contributed by atoms with Gasteiger partial charge in [0.15, 0.2) is 0 Å². The van der Waals surface area contributed by atoms with Crippen molar-refractivity contribution in [3.05, 3.63) is 24.0 Å². The topological polar surface area (TPSA) is 45.0 Å². The summed E-state index contributed by atoms with van der Waals surface area (Å²) in [5.41, 5.74) is 7.37. The van der Waals surface area contributed by atoms with Gasteiger partial charge in [-0.25, -0.2) is 0 Å². The maximum atomic E-state index is 6.03. The predicted octanol–water partition coefficient (Wildman–Crippen LogP) is 2.40. The average molecular weight is 237 g/mol. The quantitative estimate of drug-likeness (QED) is 0.729. The van der Waals surface area contributed by atoms with Crippen molar-refractivity contribution < 1.29 is 0 Å². The monoisotopic (exact) mass is 237 g/mol. The summed E-state index contributed by atoms with van der Waals surface area (Å²) in [7, 11) is 0. The van der Waals surface area contributed by atoms with Crippen LogP contribution in [0.4, 0.5) is 0 Å². The molecule has 1 aromatic rings. The zero-order valence-electron chi connectivity index (χ0n) is 11.5. The molecule has 0 spiro atoms. The van der Waals surface area contributed by atoms with Gasteiger partial charge in [0, 0.05) is 30.4 Å². The van der Waals surface area contributed by atoms with Crippen LogP contribution >= 0.6 is 0 Å². The predicted molar refractivity (Wildman–Crippen MR) is 74.1 cm³/mol. The maximum absolute atomic E-state index is 6.03. The van der Waals surface area contributed by atoms with Crippen LogP contribution in [-0.2, 0) is 6.42 Å².